The molecule has 3 aliphatic rings. The number of nitrogens with zero attached hydrogens (tertiary/aromatic N) is 2. The topological polar surface area (TPSA) is 47.6 Å². The molecule has 3 aliphatic carbocycles. The van der Waals surface area contributed by atoms with Crippen molar-refractivity contribution in [3.63, 3.8) is 0 Å². The standard InChI is InChI=1S/C22H32N2/c1-14-8-9-22(13-24)16(3)6-7-18-15(2)10-17(19(14)20(18)22)11-21(4,5)12-23/h15-20H,1,6-11H2,2-5H3/t15-,16-,17-,18+,19-,20?,22?/m1/s1. The molecule has 130 valence electrons. The van der Waals surface area contributed by atoms with E-state index in [1.165, 1.54) is 24.8 Å². The highest BCUT2D eigenvalue weighted by atomic mass is 14.6. The Hall–Kier alpha value is -1.28. The van der Waals surface area contributed by atoms with Crippen molar-refractivity contribution in [2.45, 2.75) is 66.2 Å². The predicted octanol–water partition coefficient (Wildman–Crippen LogP) is 5.72. The Bertz CT molecular complexity index is 604. The lowest BCUT2D eigenvalue weighted by Gasteiger charge is -2.61. The fourth-order valence-electron chi connectivity index (χ4n) is 6.59. The van der Waals surface area contributed by atoms with Gasteiger partial charge < -0.3 is 0 Å². The third-order valence-corrected chi connectivity index (χ3v) is 7.78. The summed E-state index contributed by atoms with van der Waals surface area (Å²) in [6.45, 7) is 13.3. The van der Waals surface area contributed by atoms with E-state index >= 15 is 0 Å². The molecule has 0 saturated heterocycles. The Morgan fingerprint density at radius 2 is 1.96 bits per heavy atom. The van der Waals surface area contributed by atoms with Crippen molar-refractivity contribution in [2.75, 3.05) is 0 Å². The van der Waals surface area contributed by atoms with Crippen molar-refractivity contribution in [2.24, 2.45) is 46.3 Å². The van der Waals surface area contributed by atoms with E-state index in [0.29, 0.717) is 35.5 Å². The molecular formula is C22H32N2. The molecule has 0 heterocycles. The highest BCUT2D eigenvalue weighted by molar-refractivity contribution is 5.24. The SMILES string of the molecule is C=C1CCC2(C#N)C3[C@@H](CC[C@H]2C)[C@H](C)C[C@H](CC(C)(C)C#N)[C@@H]13. The molecule has 0 radical (unpaired) electrons. The van der Waals surface area contributed by atoms with Gasteiger partial charge in [0.25, 0.3) is 0 Å². The summed E-state index contributed by atoms with van der Waals surface area (Å²) in [5.41, 5.74) is 0.929. The summed E-state index contributed by atoms with van der Waals surface area (Å²) in [6.07, 6.45) is 6.62. The van der Waals surface area contributed by atoms with Crippen LogP contribution in [0.2, 0.25) is 0 Å². The molecule has 0 aromatic carbocycles. The molecule has 7 atom stereocenters. The van der Waals surface area contributed by atoms with Crippen LogP contribution < -0.4 is 0 Å². The Morgan fingerprint density at radius 1 is 1.25 bits per heavy atom. The minimum absolute atomic E-state index is 0.154. The Labute approximate surface area is 147 Å². The van der Waals surface area contributed by atoms with Crippen molar-refractivity contribution < 1.29 is 0 Å². The molecule has 2 unspecified atom stereocenters. The third-order valence-electron chi connectivity index (χ3n) is 7.78. The zero-order chi connectivity index (χ0) is 17.7. The van der Waals surface area contributed by atoms with Gasteiger partial charge in [-0.1, -0.05) is 26.0 Å². The minimum Gasteiger partial charge on any atom is -0.198 e. The van der Waals surface area contributed by atoms with Gasteiger partial charge in [0, 0.05) is 0 Å². The predicted molar refractivity (Wildman–Crippen MR) is 96.6 cm³/mol. The van der Waals surface area contributed by atoms with Crippen LogP contribution in [0.3, 0.4) is 0 Å². The average molecular weight is 325 g/mol. The molecule has 24 heavy (non-hydrogen) atoms. The van der Waals surface area contributed by atoms with Gasteiger partial charge in [-0.3, -0.25) is 0 Å². The fourth-order valence-corrected chi connectivity index (χ4v) is 6.59. The van der Waals surface area contributed by atoms with Crippen LogP contribution >= 0.6 is 0 Å². The molecule has 0 aromatic heterocycles. The summed E-state index contributed by atoms with van der Waals surface area (Å²) in [4.78, 5) is 0. The zero-order valence-corrected chi connectivity index (χ0v) is 15.8. The summed E-state index contributed by atoms with van der Waals surface area (Å²) < 4.78 is 0. The number of hydrogen-bond acceptors (Lipinski definition) is 2. The first-order valence-electron chi connectivity index (χ1n) is 9.76. The van der Waals surface area contributed by atoms with Crippen molar-refractivity contribution in [1.29, 1.82) is 10.5 Å². The maximum Gasteiger partial charge on any atom is 0.0695 e. The average Bonchev–Trinajstić information content (AvgIpc) is 2.54. The van der Waals surface area contributed by atoms with Crippen molar-refractivity contribution in [1.82, 2.24) is 0 Å². The van der Waals surface area contributed by atoms with Crippen LogP contribution in [-0.4, -0.2) is 0 Å². The van der Waals surface area contributed by atoms with Gasteiger partial charge in [-0.25, -0.2) is 0 Å². The lowest BCUT2D eigenvalue weighted by molar-refractivity contribution is -0.0908. The molecule has 3 rings (SSSR count). The van der Waals surface area contributed by atoms with Crippen LogP contribution in [-0.2, 0) is 0 Å². The third kappa shape index (κ3) is 2.50. The second-order valence-corrected chi connectivity index (χ2v) is 9.68. The molecule has 0 aliphatic heterocycles. The number of nitriles is 2. The maximum absolute atomic E-state index is 10.2. The van der Waals surface area contributed by atoms with E-state index in [9.17, 15) is 10.5 Å². The Morgan fingerprint density at radius 3 is 2.58 bits per heavy atom. The van der Waals surface area contributed by atoms with E-state index in [4.69, 9.17) is 0 Å². The highest BCUT2D eigenvalue weighted by Gasteiger charge is 2.60. The van der Waals surface area contributed by atoms with Crippen molar-refractivity contribution in [3.05, 3.63) is 12.2 Å². The zero-order valence-electron chi connectivity index (χ0n) is 15.8. The minimum atomic E-state index is -0.287. The van der Waals surface area contributed by atoms with Gasteiger partial charge in [0.15, 0.2) is 0 Å². The van der Waals surface area contributed by atoms with Gasteiger partial charge in [-0.05, 0) is 87.9 Å². The Balaban J connectivity index is 2.03. The normalized spacial score (nSPS) is 45.0. The lowest BCUT2D eigenvalue weighted by Crippen LogP contribution is -2.56. The van der Waals surface area contributed by atoms with Crippen LogP contribution in [0.4, 0.5) is 0 Å². The van der Waals surface area contributed by atoms with Crippen molar-refractivity contribution >= 4 is 0 Å². The van der Waals surface area contributed by atoms with Crippen LogP contribution in [0.1, 0.15) is 66.2 Å². The quantitative estimate of drug-likeness (QED) is 0.610. The van der Waals surface area contributed by atoms with Gasteiger partial charge in [0.2, 0.25) is 0 Å². The van der Waals surface area contributed by atoms with E-state index < -0.39 is 0 Å². The molecule has 3 saturated carbocycles. The smallest absolute Gasteiger partial charge is 0.0695 e. The van der Waals surface area contributed by atoms with Crippen LogP contribution in [0.25, 0.3) is 0 Å². The maximum atomic E-state index is 10.2. The second kappa shape index (κ2) is 5.91. The lowest BCUT2D eigenvalue weighted by atomic mass is 9.42. The summed E-state index contributed by atoms with van der Waals surface area (Å²) in [5.74, 6) is 3.27. The summed E-state index contributed by atoms with van der Waals surface area (Å²) in [7, 11) is 0. The van der Waals surface area contributed by atoms with Crippen LogP contribution in [0.15, 0.2) is 12.2 Å². The monoisotopic (exact) mass is 324 g/mol. The van der Waals surface area contributed by atoms with E-state index in [2.05, 4.69) is 46.4 Å². The fraction of sp³-hybridized carbons (Fsp3) is 0.818. The summed E-state index contributed by atoms with van der Waals surface area (Å²) >= 11 is 0. The first-order chi connectivity index (χ1) is 11.3. The molecule has 2 heteroatoms. The molecular weight excluding hydrogens is 292 g/mol. The molecule has 0 amide bonds. The number of allylic oxidation sites excluding steroid dienone is 1. The van der Waals surface area contributed by atoms with E-state index in [-0.39, 0.29) is 10.8 Å². The first kappa shape index (κ1) is 17.5. The van der Waals surface area contributed by atoms with E-state index in [1.54, 1.807) is 0 Å². The second-order valence-electron chi connectivity index (χ2n) is 9.68. The summed E-state index contributed by atoms with van der Waals surface area (Å²) in [5, 5.41) is 19.7. The molecule has 0 spiro atoms. The summed E-state index contributed by atoms with van der Waals surface area (Å²) in [6, 6.07) is 5.33. The van der Waals surface area contributed by atoms with Gasteiger partial charge in [0.05, 0.1) is 23.0 Å². The number of rotatable bonds is 2. The van der Waals surface area contributed by atoms with Gasteiger partial charge in [0.1, 0.15) is 0 Å². The van der Waals surface area contributed by atoms with E-state index in [1.807, 2.05) is 0 Å². The largest absolute Gasteiger partial charge is 0.198 e. The molecule has 3 fully saturated rings. The van der Waals surface area contributed by atoms with Crippen LogP contribution in [0, 0.1) is 69.0 Å². The van der Waals surface area contributed by atoms with Gasteiger partial charge in [-0.15, -0.1) is 0 Å². The van der Waals surface area contributed by atoms with Crippen LogP contribution in [0.5, 0.6) is 0 Å². The van der Waals surface area contributed by atoms with Crippen molar-refractivity contribution in [3.8, 4) is 12.1 Å². The molecule has 0 aromatic rings. The van der Waals surface area contributed by atoms with Gasteiger partial charge in [-0.2, -0.15) is 10.5 Å². The van der Waals surface area contributed by atoms with E-state index in [0.717, 1.165) is 19.3 Å². The Kier molecular flexibility index (Phi) is 4.32. The highest BCUT2D eigenvalue weighted by Crippen LogP contribution is 2.65. The van der Waals surface area contributed by atoms with Gasteiger partial charge >= 0.3 is 0 Å². The molecule has 0 N–H and O–H groups in total. The first-order valence-corrected chi connectivity index (χ1v) is 9.76. The number of hydrogen-bond donors (Lipinski definition) is 0. The molecule has 2 nitrogen and oxygen atoms in total. The molecule has 0 bridgehead atoms.